The van der Waals surface area contributed by atoms with Gasteiger partial charge in [-0.15, -0.1) is 0 Å². The number of urea groups is 1. The second-order valence-electron chi connectivity index (χ2n) is 8.21. The van der Waals surface area contributed by atoms with Gasteiger partial charge in [0.2, 0.25) is 0 Å². The zero-order valence-corrected chi connectivity index (χ0v) is 17.2. The van der Waals surface area contributed by atoms with Crippen LogP contribution in [0.3, 0.4) is 0 Å². The van der Waals surface area contributed by atoms with Crippen molar-refractivity contribution in [3.8, 4) is 6.07 Å². The number of fused-ring (bicyclic) bond motifs is 5. The van der Waals surface area contributed by atoms with E-state index in [9.17, 15) is 58.3 Å². The van der Waals surface area contributed by atoms with Gasteiger partial charge in [-0.05, 0) is 24.6 Å². The summed E-state index contributed by atoms with van der Waals surface area (Å²) in [6.45, 7) is -0.905. The van der Waals surface area contributed by atoms with Crippen molar-refractivity contribution in [2.75, 3.05) is 11.4 Å². The molecule has 4 rings (SSSR count). The number of anilines is 1. The summed E-state index contributed by atoms with van der Waals surface area (Å²) in [6, 6.07) is -2.88. The third-order valence-corrected chi connectivity index (χ3v) is 6.23. The Hall–Kier alpha value is -3.58. The Morgan fingerprint density at radius 2 is 1.61 bits per heavy atom. The highest BCUT2D eigenvalue weighted by molar-refractivity contribution is 6.22. The van der Waals surface area contributed by atoms with Gasteiger partial charge in [0.05, 0.1) is 35.0 Å². The fourth-order valence-electron chi connectivity index (χ4n) is 4.62. The summed E-state index contributed by atoms with van der Waals surface area (Å²) in [6.07, 6.45) is -12.3. The van der Waals surface area contributed by atoms with Crippen molar-refractivity contribution in [3.63, 3.8) is 0 Å². The van der Waals surface area contributed by atoms with Crippen molar-refractivity contribution >= 4 is 23.5 Å². The maximum absolute atomic E-state index is 14.0. The third-order valence-electron chi connectivity index (χ3n) is 6.23. The first kappa shape index (κ1) is 25.5. The molecule has 0 spiro atoms. The van der Waals surface area contributed by atoms with Crippen LogP contribution in [0.15, 0.2) is 18.2 Å². The number of hydrogen-bond acceptors (Lipinski definition) is 4. The number of imide groups is 1. The van der Waals surface area contributed by atoms with Gasteiger partial charge in [-0.3, -0.25) is 9.59 Å². The highest BCUT2D eigenvalue weighted by atomic mass is 19.4. The summed E-state index contributed by atoms with van der Waals surface area (Å²) in [7, 11) is 0. The monoisotopic (exact) mass is 532 g/mol. The molecule has 3 heterocycles. The average Bonchev–Trinajstić information content (AvgIpc) is 3.42. The van der Waals surface area contributed by atoms with Crippen LogP contribution < -0.4 is 4.90 Å². The van der Waals surface area contributed by atoms with E-state index >= 15 is 0 Å². The number of amides is 4. The first-order valence-corrected chi connectivity index (χ1v) is 9.77. The van der Waals surface area contributed by atoms with Crippen LogP contribution in [0.5, 0.6) is 0 Å². The van der Waals surface area contributed by atoms with Gasteiger partial charge in [0.1, 0.15) is 6.04 Å². The molecule has 2 unspecified atom stereocenters. The number of alkyl halides is 10. The molecule has 36 heavy (non-hydrogen) atoms. The zero-order chi connectivity index (χ0) is 27.2. The molecule has 194 valence electrons. The predicted molar refractivity (Wildman–Crippen MR) is 94.5 cm³/mol. The molecule has 0 radical (unpaired) electrons. The Morgan fingerprint density at radius 1 is 1.00 bits per heavy atom. The summed E-state index contributed by atoms with van der Waals surface area (Å²) < 4.78 is 132. The van der Waals surface area contributed by atoms with E-state index in [0.29, 0.717) is 12.1 Å². The molecule has 3 atom stereocenters. The molecule has 3 aliphatic heterocycles. The minimum Gasteiger partial charge on any atom is -0.330 e. The van der Waals surface area contributed by atoms with Crippen molar-refractivity contribution in [2.24, 2.45) is 0 Å². The van der Waals surface area contributed by atoms with Crippen molar-refractivity contribution in [1.29, 1.82) is 5.26 Å². The SMILES string of the molecule is N#Cc1ccc(N2C(=O)[C@H]3C4CC(CN4C(=O)C(F)(F)C(F)(F)C(F)(F)F)N3C2=O)cc1C(F)(F)F. The summed E-state index contributed by atoms with van der Waals surface area (Å²) in [5, 5.41) is 8.88. The van der Waals surface area contributed by atoms with Gasteiger partial charge in [0.15, 0.2) is 0 Å². The van der Waals surface area contributed by atoms with Crippen LogP contribution in [0.2, 0.25) is 0 Å². The fraction of sp³-hybridized carbons (Fsp3) is 0.474. The van der Waals surface area contributed by atoms with Gasteiger partial charge < -0.3 is 9.80 Å². The fourth-order valence-corrected chi connectivity index (χ4v) is 4.62. The van der Waals surface area contributed by atoms with Crippen molar-refractivity contribution in [1.82, 2.24) is 9.80 Å². The largest absolute Gasteiger partial charge is 0.460 e. The maximum Gasteiger partial charge on any atom is 0.460 e. The van der Waals surface area contributed by atoms with Crippen molar-refractivity contribution in [2.45, 2.75) is 48.7 Å². The number of hydrogen-bond donors (Lipinski definition) is 0. The van der Waals surface area contributed by atoms with Crippen LogP contribution in [0, 0.1) is 11.3 Å². The molecule has 3 fully saturated rings. The van der Waals surface area contributed by atoms with Gasteiger partial charge >= 0.3 is 30.2 Å². The Kier molecular flexibility index (Phi) is 5.29. The smallest absolute Gasteiger partial charge is 0.330 e. The van der Waals surface area contributed by atoms with E-state index < -0.39 is 89.9 Å². The highest BCUT2D eigenvalue weighted by Crippen LogP contribution is 2.50. The van der Waals surface area contributed by atoms with Gasteiger partial charge in [-0.25, -0.2) is 9.69 Å². The molecule has 0 saturated carbocycles. The second-order valence-corrected chi connectivity index (χ2v) is 8.21. The topological polar surface area (TPSA) is 84.7 Å². The summed E-state index contributed by atoms with van der Waals surface area (Å²) in [4.78, 5) is 38.8. The molecule has 0 aliphatic carbocycles. The lowest BCUT2D eigenvalue weighted by atomic mass is 10.0. The minimum absolute atomic E-state index is 0.0416. The number of carbonyl (C=O) groups excluding carboxylic acids is 3. The molecule has 1 aromatic carbocycles. The lowest BCUT2D eigenvalue weighted by Crippen LogP contribution is -2.64. The number of nitrogens with zero attached hydrogens (tertiary/aromatic N) is 4. The van der Waals surface area contributed by atoms with Gasteiger partial charge in [0, 0.05) is 6.54 Å². The molecular weight excluding hydrogens is 522 g/mol. The van der Waals surface area contributed by atoms with E-state index in [1.165, 1.54) is 6.07 Å². The Labute approximate surface area is 193 Å². The van der Waals surface area contributed by atoms with E-state index in [1.807, 2.05) is 0 Å². The minimum atomic E-state index is -6.78. The lowest BCUT2D eigenvalue weighted by Gasteiger charge is -2.38. The second kappa shape index (κ2) is 7.46. The first-order valence-electron chi connectivity index (χ1n) is 9.77. The van der Waals surface area contributed by atoms with E-state index in [-0.39, 0.29) is 9.80 Å². The standard InChI is InChI=1S/C19H10F10N4O3/c20-16(21,18(25,26)19(27,28)29)14(35)31-6-9-4-11(31)12-13(34)33(15(36)32(9)12)8-2-1-7(5-30)10(3-8)17(22,23)24/h1-3,9,11-12H,4,6H2/t9?,11?,12-/m1/s1. The molecular formula is C19H10F10N4O3. The van der Waals surface area contributed by atoms with Crippen LogP contribution >= 0.6 is 0 Å². The molecule has 4 amide bonds. The molecule has 2 bridgehead atoms. The average molecular weight is 532 g/mol. The van der Waals surface area contributed by atoms with Crippen LogP contribution in [0.1, 0.15) is 17.5 Å². The van der Waals surface area contributed by atoms with Crippen LogP contribution in [-0.4, -0.2) is 70.3 Å². The van der Waals surface area contributed by atoms with Crippen molar-refractivity contribution < 1.29 is 58.3 Å². The number of likely N-dealkylation sites (tertiary alicyclic amines) is 1. The van der Waals surface area contributed by atoms with E-state index in [2.05, 4.69) is 0 Å². The van der Waals surface area contributed by atoms with Gasteiger partial charge in [-0.2, -0.15) is 49.2 Å². The van der Waals surface area contributed by atoms with E-state index in [4.69, 9.17) is 5.26 Å². The number of nitriles is 1. The summed E-state index contributed by atoms with van der Waals surface area (Å²) >= 11 is 0. The van der Waals surface area contributed by atoms with Crippen molar-refractivity contribution in [3.05, 3.63) is 29.3 Å². The van der Waals surface area contributed by atoms with Gasteiger partial charge in [-0.1, -0.05) is 0 Å². The number of rotatable bonds is 3. The van der Waals surface area contributed by atoms with Gasteiger partial charge in [0.25, 0.3) is 11.8 Å². The number of carbonyl (C=O) groups is 3. The van der Waals surface area contributed by atoms with Crippen LogP contribution in [-0.2, 0) is 15.8 Å². The summed E-state index contributed by atoms with van der Waals surface area (Å²) in [5.41, 5.74) is -2.99. The third kappa shape index (κ3) is 3.29. The van der Waals surface area contributed by atoms with E-state index in [0.717, 1.165) is 11.0 Å². The molecule has 3 saturated heterocycles. The van der Waals surface area contributed by atoms with Crippen LogP contribution in [0.4, 0.5) is 54.4 Å². The number of halogens is 10. The van der Waals surface area contributed by atoms with E-state index in [1.54, 1.807) is 0 Å². The molecule has 7 nitrogen and oxygen atoms in total. The molecule has 1 aromatic rings. The molecule has 0 aromatic heterocycles. The Morgan fingerprint density at radius 3 is 2.14 bits per heavy atom. The zero-order valence-electron chi connectivity index (χ0n) is 17.2. The number of benzene rings is 1. The summed E-state index contributed by atoms with van der Waals surface area (Å²) in [5.74, 6) is -17.2. The lowest BCUT2D eigenvalue weighted by molar-refractivity contribution is -0.346. The number of piperazine rings is 1. The first-order chi connectivity index (χ1) is 16.4. The normalized spacial score (nSPS) is 24.5. The highest BCUT2D eigenvalue weighted by Gasteiger charge is 2.78. The molecule has 0 N–H and O–H groups in total. The quantitative estimate of drug-likeness (QED) is 0.441. The Balaban J connectivity index is 1.66. The molecule has 17 heteroatoms. The molecule has 3 aliphatic rings. The Bertz CT molecular complexity index is 1210. The maximum atomic E-state index is 14.0. The predicted octanol–water partition coefficient (Wildman–Crippen LogP) is 3.53. The van der Waals surface area contributed by atoms with Crippen LogP contribution in [0.25, 0.3) is 0 Å².